The molecule has 5 rings (SSSR count). The summed E-state index contributed by atoms with van der Waals surface area (Å²) in [6.45, 7) is 0.954. The SMILES string of the molecule is Cn1c(=O)c(-c2c(F)cccc2F)cn(CC(=O)N2CCC(N3CCc4ccccc4NC3=O)CC2)c1=O. The van der Waals surface area contributed by atoms with Crippen molar-refractivity contribution in [2.75, 3.05) is 25.0 Å². The number of nitrogens with one attached hydrogen (secondary N) is 1. The molecule has 1 fully saturated rings. The zero-order chi connectivity index (χ0) is 27.0. The molecule has 0 unspecified atom stereocenters. The highest BCUT2D eigenvalue weighted by Gasteiger charge is 2.31. The summed E-state index contributed by atoms with van der Waals surface area (Å²) in [5, 5.41) is 2.97. The molecule has 9 nitrogen and oxygen atoms in total. The zero-order valence-electron chi connectivity index (χ0n) is 20.8. The highest BCUT2D eigenvalue weighted by atomic mass is 19.1. The van der Waals surface area contributed by atoms with Gasteiger partial charge in [0.15, 0.2) is 0 Å². The van der Waals surface area contributed by atoms with Crippen LogP contribution in [-0.4, -0.2) is 56.5 Å². The van der Waals surface area contributed by atoms with Gasteiger partial charge in [0, 0.05) is 44.6 Å². The molecular weight excluding hydrogens is 496 g/mol. The second-order valence-corrected chi connectivity index (χ2v) is 9.56. The molecule has 3 amide bonds. The number of likely N-dealkylation sites (tertiary alicyclic amines) is 1. The number of fused-ring (bicyclic) bond motifs is 1. The number of carbonyl (C=O) groups is 2. The van der Waals surface area contributed by atoms with E-state index >= 15 is 0 Å². The van der Waals surface area contributed by atoms with Crippen LogP contribution in [0.5, 0.6) is 0 Å². The van der Waals surface area contributed by atoms with E-state index in [1.807, 2.05) is 29.2 Å². The lowest BCUT2D eigenvalue weighted by Gasteiger charge is -2.38. The topological polar surface area (TPSA) is 96.7 Å². The Kier molecular flexibility index (Phi) is 6.83. The van der Waals surface area contributed by atoms with Gasteiger partial charge in [0.2, 0.25) is 5.91 Å². The Morgan fingerprint density at radius 3 is 2.37 bits per heavy atom. The van der Waals surface area contributed by atoms with E-state index in [0.717, 1.165) is 45.1 Å². The van der Waals surface area contributed by atoms with E-state index in [-0.39, 0.29) is 30.1 Å². The lowest BCUT2D eigenvalue weighted by molar-refractivity contribution is -0.133. The number of nitrogens with zero attached hydrogens (tertiary/aromatic N) is 4. The smallest absolute Gasteiger partial charge is 0.331 e. The number of piperidine rings is 1. The van der Waals surface area contributed by atoms with Crippen LogP contribution in [0.15, 0.2) is 58.3 Å². The third-order valence-electron chi connectivity index (χ3n) is 7.29. The number of anilines is 1. The summed E-state index contributed by atoms with van der Waals surface area (Å²) < 4.78 is 30.5. The van der Waals surface area contributed by atoms with Crippen molar-refractivity contribution in [3.05, 3.63) is 86.7 Å². The minimum absolute atomic E-state index is 0.0377. The van der Waals surface area contributed by atoms with Crippen LogP contribution in [0, 0.1) is 11.6 Å². The molecular formula is C27H27F2N5O4. The van der Waals surface area contributed by atoms with Crippen molar-refractivity contribution in [2.45, 2.75) is 31.8 Å². The van der Waals surface area contributed by atoms with Crippen molar-refractivity contribution in [3.63, 3.8) is 0 Å². The van der Waals surface area contributed by atoms with Gasteiger partial charge in [-0.05, 0) is 43.0 Å². The number of amides is 3. The maximum absolute atomic E-state index is 14.4. The predicted octanol–water partition coefficient (Wildman–Crippen LogP) is 2.57. The Morgan fingerprint density at radius 1 is 0.974 bits per heavy atom. The van der Waals surface area contributed by atoms with E-state index in [9.17, 15) is 28.0 Å². The molecule has 1 saturated heterocycles. The summed E-state index contributed by atoms with van der Waals surface area (Å²) in [6.07, 6.45) is 2.91. The zero-order valence-corrected chi connectivity index (χ0v) is 20.8. The molecule has 0 atom stereocenters. The molecule has 2 aliphatic rings. The number of benzene rings is 2. The van der Waals surface area contributed by atoms with Crippen LogP contribution in [0.1, 0.15) is 18.4 Å². The van der Waals surface area contributed by atoms with Gasteiger partial charge >= 0.3 is 11.7 Å². The summed E-state index contributed by atoms with van der Waals surface area (Å²) in [6, 6.07) is 10.7. The monoisotopic (exact) mass is 523 g/mol. The first kappa shape index (κ1) is 25.4. The van der Waals surface area contributed by atoms with E-state index in [4.69, 9.17) is 0 Å². The van der Waals surface area contributed by atoms with Crippen LogP contribution in [-0.2, 0) is 24.8 Å². The van der Waals surface area contributed by atoms with E-state index in [0.29, 0.717) is 32.5 Å². The minimum Gasteiger partial charge on any atom is -0.341 e. The van der Waals surface area contributed by atoms with Gasteiger partial charge in [-0.2, -0.15) is 0 Å². The van der Waals surface area contributed by atoms with E-state index in [1.54, 1.807) is 4.90 Å². The van der Waals surface area contributed by atoms with Gasteiger partial charge < -0.3 is 15.1 Å². The molecule has 11 heteroatoms. The molecule has 0 aliphatic carbocycles. The normalized spacial score (nSPS) is 16.1. The fourth-order valence-electron chi connectivity index (χ4n) is 5.18. The summed E-state index contributed by atoms with van der Waals surface area (Å²) in [5.41, 5.74) is -0.630. The van der Waals surface area contributed by atoms with Gasteiger partial charge in [0.05, 0.1) is 11.1 Å². The van der Waals surface area contributed by atoms with Crippen LogP contribution in [0.4, 0.5) is 19.3 Å². The third-order valence-corrected chi connectivity index (χ3v) is 7.29. The summed E-state index contributed by atoms with van der Waals surface area (Å²) in [4.78, 5) is 54.7. The minimum atomic E-state index is -0.943. The van der Waals surface area contributed by atoms with Crippen LogP contribution >= 0.6 is 0 Å². The lowest BCUT2D eigenvalue weighted by Crippen LogP contribution is -2.51. The van der Waals surface area contributed by atoms with Gasteiger partial charge in [-0.3, -0.25) is 18.7 Å². The highest BCUT2D eigenvalue weighted by molar-refractivity contribution is 5.91. The summed E-state index contributed by atoms with van der Waals surface area (Å²) in [7, 11) is 1.20. The van der Waals surface area contributed by atoms with Crippen LogP contribution in [0.2, 0.25) is 0 Å². The Balaban J connectivity index is 1.28. The van der Waals surface area contributed by atoms with Crippen molar-refractivity contribution < 1.29 is 18.4 Å². The first-order valence-electron chi connectivity index (χ1n) is 12.4. The van der Waals surface area contributed by atoms with Crippen molar-refractivity contribution >= 4 is 17.6 Å². The lowest BCUT2D eigenvalue weighted by atomic mass is 10.0. The second-order valence-electron chi connectivity index (χ2n) is 9.56. The molecule has 2 aliphatic heterocycles. The third kappa shape index (κ3) is 4.71. The fourth-order valence-corrected chi connectivity index (χ4v) is 5.18. The summed E-state index contributed by atoms with van der Waals surface area (Å²) in [5.74, 6) is -2.25. The number of urea groups is 1. The highest BCUT2D eigenvalue weighted by Crippen LogP contribution is 2.25. The standard InChI is InChI=1S/C27H27F2N5O4/c1-31-25(36)19(24-20(28)6-4-7-21(24)29)15-33(27(31)38)16-23(35)32-12-10-18(11-13-32)34-14-9-17-5-2-3-8-22(17)30-26(34)37/h2-8,15,18H,9-14,16H2,1H3,(H,30,37). The van der Waals surface area contributed by atoms with Crippen LogP contribution < -0.4 is 16.6 Å². The second kappa shape index (κ2) is 10.2. The average Bonchev–Trinajstić information content (AvgIpc) is 3.07. The molecule has 0 spiro atoms. The van der Waals surface area contributed by atoms with Gasteiger partial charge in [0.1, 0.15) is 18.2 Å². The quantitative estimate of drug-likeness (QED) is 0.569. The van der Waals surface area contributed by atoms with Crippen molar-refractivity contribution in [2.24, 2.45) is 7.05 Å². The van der Waals surface area contributed by atoms with Crippen molar-refractivity contribution in [3.8, 4) is 11.1 Å². The number of hydrogen-bond donors (Lipinski definition) is 1. The molecule has 1 aromatic heterocycles. The number of para-hydroxylation sites is 1. The molecule has 3 aromatic rings. The maximum atomic E-state index is 14.4. The number of rotatable bonds is 4. The predicted molar refractivity (Wildman–Crippen MR) is 137 cm³/mol. The fraction of sp³-hybridized carbons (Fsp3) is 0.333. The largest absolute Gasteiger partial charge is 0.341 e. The molecule has 0 bridgehead atoms. The Labute approximate surface area is 216 Å². The molecule has 3 heterocycles. The molecule has 0 saturated carbocycles. The number of aromatic nitrogens is 2. The number of hydrogen-bond acceptors (Lipinski definition) is 4. The van der Waals surface area contributed by atoms with E-state index in [1.165, 1.54) is 13.1 Å². The Morgan fingerprint density at radius 2 is 1.66 bits per heavy atom. The van der Waals surface area contributed by atoms with E-state index < -0.39 is 28.4 Å². The Bertz CT molecular complexity index is 1500. The molecule has 0 radical (unpaired) electrons. The van der Waals surface area contributed by atoms with Crippen LogP contribution in [0.25, 0.3) is 11.1 Å². The van der Waals surface area contributed by atoms with Crippen LogP contribution in [0.3, 0.4) is 0 Å². The summed E-state index contributed by atoms with van der Waals surface area (Å²) >= 11 is 0. The number of halogens is 2. The molecule has 198 valence electrons. The molecule has 1 N–H and O–H groups in total. The van der Waals surface area contributed by atoms with Gasteiger partial charge in [-0.25, -0.2) is 18.4 Å². The maximum Gasteiger partial charge on any atom is 0.331 e. The van der Waals surface area contributed by atoms with Crippen molar-refractivity contribution in [1.29, 1.82) is 0 Å². The molecule has 2 aromatic carbocycles. The van der Waals surface area contributed by atoms with Crippen molar-refractivity contribution in [1.82, 2.24) is 18.9 Å². The first-order valence-corrected chi connectivity index (χ1v) is 12.4. The average molecular weight is 524 g/mol. The van der Waals surface area contributed by atoms with Gasteiger partial charge in [-0.15, -0.1) is 0 Å². The van der Waals surface area contributed by atoms with Gasteiger partial charge in [-0.1, -0.05) is 24.3 Å². The molecule has 38 heavy (non-hydrogen) atoms. The first-order chi connectivity index (χ1) is 18.2. The number of carbonyl (C=O) groups excluding carboxylic acids is 2. The Hall–Kier alpha value is -4.28. The van der Waals surface area contributed by atoms with E-state index in [2.05, 4.69) is 5.32 Å². The van der Waals surface area contributed by atoms with Gasteiger partial charge in [0.25, 0.3) is 5.56 Å².